The number of hydrogen-bond donors (Lipinski definition) is 1. The van der Waals surface area contributed by atoms with Gasteiger partial charge in [0.05, 0.1) is 11.4 Å². The van der Waals surface area contributed by atoms with Crippen molar-refractivity contribution in [2.75, 3.05) is 0 Å². The molecule has 0 aliphatic carbocycles. The standard InChI is InChI=1S/C24H17N3/c1-2-8-18(9-3-1)22-23(19-13-15-25-16-14-19)27-24(26-22)21-12-6-10-17-7-4-5-11-20(17)21/h1-16H,(H,26,27). The minimum absolute atomic E-state index is 0.873. The molecule has 0 saturated heterocycles. The third-order valence-electron chi connectivity index (χ3n) is 4.76. The summed E-state index contributed by atoms with van der Waals surface area (Å²) in [7, 11) is 0. The van der Waals surface area contributed by atoms with E-state index in [1.54, 1.807) is 12.4 Å². The van der Waals surface area contributed by atoms with Gasteiger partial charge in [0.1, 0.15) is 5.82 Å². The van der Waals surface area contributed by atoms with Crippen molar-refractivity contribution < 1.29 is 0 Å². The number of fused-ring (bicyclic) bond motifs is 1. The summed E-state index contributed by atoms with van der Waals surface area (Å²) in [4.78, 5) is 12.7. The molecule has 5 rings (SSSR count). The van der Waals surface area contributed by atoms with E-state index in [-0.39, 0.29) is 0 Å². The number of aromatic nitrogens is 3. The van der Waals surface area contributed by atoms with E-state index in [0.717, 1.165) is 33.9 Å². The summed E-state index contributed by atoms with van der Waals surface area (Å²) >= 11 is 0. The van der Waals surface area contributed by atoms with Gasteiger partial charge in [0.2, 0.25) is 0 Å². The van der Waals surface area contributed by atoms with Crippen LogP contribution < -0.4 is 0 Å². The van der Waals surface area contributed by atoms with E-state index >= 15 is 0 Å². The van der Waals surface area contributed by atoms with E-state index in [1.165, 1.54) is 10.8 Å². The molecule has 3 heteroatoms. The molecule has 0 radical (unpaired) electrons. The number of imidazole rings is 1. The lowest BCUT2D eigenvalue weighted by Gasteiger charge is -2.03. The van der Waals surface area contributed by atoms with Crippen LogP contribution in [-0.4, -0.2) is 15.0 Å². The van der Waals surface area contributed by atoms with Crippen LogP contribution in [0.2, 0.25) is 0 Å². The highest BCUT2D eigenvalue weighted by Gasteiger charge is 2.16. The predicted octanol–water partition coefficient (Wildman–Crippen LogP) is 5.96. The third-order valence-corrected chi connectivity index (χ3v) is 4.76. The molecule has 0 amide bonds. The maximum Gasteiger partial charge on any atom is 0.139 e. The van der Waals surface area contributed by atoms with Gasteiger partial charge in [-0.1, -0.05) is 72.8 Å². The molecule has 0 aliphatic heterocycles. The fraction of sp³-hybridized carbons (Fsp3) is 0. The molecule has 27 heavy (non-hydrogen) atoms. The van der Waals surface area contributed by atoms with Crippen molar-refractivity contribution in [3.8, 4) is 33.9 Å². The van der Waals surface area contributed by atoms with E-state index < -0.39 is 0 Å². The molecule has 0 spiro atoms. The Bertz CT molecular complexity index is 1150. The van der Waals surface area contributed by atoms with Gasteiger partial charge in [0, 0.05) is 29.1 Å². The topological polar surface area (TPSA) is 41.6 Å². The van der Waals surface area contributed by atoms with Gasteiger partial charge in [0.25, 0.3) is 0 Å². The van der Waals surface area contributed by atoms with Crippen molar-refractivity contribution in [3.05, 3.63) is 97.3 Å². The normalized spacial score (nSPS) is 11.0. The van der Waals surface area contributed by atoms with Gasteiger partial charge < -0.3 is 4.98 Å². The molecular weight excluding hydrogens is 330 g/mol. The van der Waals surface area contributed by atoms with Crippen molar-refractivity contribution in [1.29, 1.82) is 0 Å². The molecule has 0 saturated carbocycles. The Hall–Kier alpha value is -3.72. The molecule has 5 aromatic rings. The van der Waals surface area contributed by atoms with Crippen molar-refractivity contribution in [3.63, 3.8) is 0 Å². The number of rotatable bonds is 3. The van der Waals surface area contributed by atoms with Crippen LogP contribution in [-0.2, 0) is 0 Å². The summed E-state index contributed by atoms with van der Waals surface area (Å²) in [5.41, 5.74) is 5.22. The quantitative estimate of drug-likeness (QED) is 0.437. The fourth-order valence-corrected chi connectivity index (χ4v) is 3.47. The van der Waals surface area contributed by atoms with Crippen molar-refractivity contribution in [1.82, 2.24) is 15.0 Å². The number of H-pyrrole nitrogens is 1. The third kappa shape index (κ3) is 2.79. The molecule has 128 valence electrons. The SMILES string of the molecule is c1ccc(-c2[nH]c(-c3cccc4ccccc34)nc2-c2ccncc2)cc1. The average Bonchev–Trinajstić information content (AvgIpc) is 3.20. The summed E-state index contributed by atoms with van der Waals surface area (Å²) < 4.78 is 0. The first-order chi connectivity index (χ1) is 13.4. The Morgan fingerprint density at radius 1 is 0.630 bits per heavy atom. The fourth-order valence-electron chi connectivity index (χ4n) is 3.47. The molecular formula is C24H17N3. The van der Waals surface area contributed by atoms with Crippen molar-refractivity contribution in [2.24, 2.45) is 0 Å². The number of hydrogen-bond acceptors (Lipinski definition) is 2. The van der Waals surface area contributed by atoms with Crippen LogP contribution in [0.4, 0.5) is 0 Å². The van der Waals surface area contributed by atoms with Crippen LogP contribution in [0.25, 0.3) is 44.7 Å². The Morgan fingerprint density at radius 2 is 1.37 bits per heavy atom. The Kier molecular flexibility index (Phi) is 3.76. The molecule has 2 heterocycles. The maximum absolute atomic E-state index is 4.99. The number of nitrogens with zero attached hydrogens (tertiary/aromatic N) is 2. The monoisotopic (exact) mass is 347 g/mol. The van der Waals surface area contributed by atoms with Gasteiger partial charge in [-0.3, -0.25) is 4.98 Å². The molecule has 3 nitrogen and oxygen atoms in total. The molecule has 0 unspecified atom stereocenters. The molecule has 0 bridgehead atoms. The predicted molar refractivity (Wildman–Crippen MR) is 110 cm³/mol. The highest BCUT2D eigenvalue weighted by molar-refractivity contribution is 5.96. The van der Waals surface area contributed by atoms with Gasteiger partial charge in [-0.15, -0.1) is 0 Å². The van der Waals surface area contributed by atoms with Crippen LogP contribution in [0, 0.1) is 0 Å². The highest BCUT2D eigenvalue weighted by Crippen LogP contribution is 2.34. The Balaban J connectivity index is 1.76. The number of benzene rings is 3. The first-order valence-electron chi connectivity index (χ1n) is 8.94. The van der Waals surface area contributed by atoms with E-state index in [4.69, 9.17) is 4.98 Å². The minimum Gasteiger partial charge on any atom is -0.337 e. The first kappa shape index (κ1) is 15.5. The summed E-state index contributed by atoms with van der Waals surface area (Å²) in [6.45, 7) is 0. The van der Waals surface area contributed by atoms with Gasteiger partial charge >= 0.3 is 0 Å². The zero-order valence-corrected chi connectivity index (χ0v) is 14.6. The van der Waals surface area contributed by atoms with Crippen LogP contribution in [0.3, 0.4) is 0 Å². The summed E-state index contributed by atoms with van der Waals surface area (Å²) in [6, 6.07) is 29.0. The van der Waals surface area contributed by atoms with Gasteiger partial charge in [-0.2, -0.15) is 0 Å². The summed E-state index contributed by atoms with van der Waals surface area (Å²) in [5.74, 6) is 0.873. The second kappa shape index (κ2) is 6.54. The lowest BCUT2D eigenvalue weighted by atomic mass is 10.0. The summed E-state index contributed by atoms with van der Waals surface area (Å²) in [5, 5.41) is 2.40. The molecule has 2 aromatic heterocycles. The Morgan fingerprint density at radius 3 is 2.22 bits per heavy atom. The van der Waals surface area contributed by atoms with Gasteiger partial charge in [0.15, 0.2) is 0 Å². The van der Waals surface area contributed by atoms with E-state index in [1.807, 2.05) is 30.3 Å². The van der Waals surface area contributed by atoms with Crippen molar-refractivity contribution >= 4 is 10.8 Å². The van der Waals surface area contributed by atoms with E-state index in [9.17, 15) is 0 Å². The lowest BCUT2D eigenvalue weighted by Crippen LogP contribution is -1.84. The number of aromatic amines is 1. The van der Waals surface area contributed by atoms with Crippen LogP contribution in [0.1, 0.15) is 0 Å². The number of nitrogens with one attached hydrogen (secondary N) is 1. The molecule has 0 atom stereocenters. The minimum atomic E-state index is 0.873. The van der Waals surface area contributed by atoms with Gasteiger partial charge in [-0.25, -0.2) is 4.98 Å². The largest absolute Gasteiger partial charge is 0.337 e. The molecule has 0 fully saturated rings. The van der Waals surface area contributed by atoms with E-state index in [0.29, 0.717) is 0 Å². The Labute approximate surface area is 157 Å². The van der Waals surface area contributed by atoms with Crippen LogP contribution in [0.5, 0.6) is 0 Å². The molecule has 1 N–H and O–H groups in total. The highest BCUT2D eigenvalue weighted by atomic mass is 14.9. The number of pyridine rings is 1. The average molecular weight is 347 g/mol. The van der Waals surface area contributed by atoms with Crippen LogP contribution in [0.15, 0.2) is 97.3 Å². The van der Waals surface area contributed by atoms with Crippen LogP contribution >= 0.6 is 0 Å². The first-order valence-corrected chi connectivity index (χ1v) is 8.94. The zero-order chi connectivity index (χ0) is 18.1. The van der Waals surface area contributed by atoms with Gasteiger partial charge in [-0.05, 0) is 22.9 Å². The lowest BCUT2D eigenvalue weighted by molar-refractivity contribution is 1.30. The zero-order valence-electron chi connectivity index (χ0n) is 14.6. The van der Waals surface area contributed by atoms with E-state index in [2.05, 4.69) is 64.6 Å². The smallest absolute Gasteiger partial charge is 0.139 e. The second-order valence-electron chi connectivity index (χ2n) is 6.44. The second-order valence-corrected chi connectivity index (χ2v) is 6.44. The molecule has 0 aliphatic rings. The molecule has 3 aromatic carbocycles. The summed E-state index contributed by atoms with van der Waals surface area (Å²) in [6.07, 6.45) is 3.60. The maximum atomic E-state index is 4.99. The van der Waals surface area contributed by atoms with Crippen molar-refractivity contribution in [2.45, 2.75) is 0 Å².